The van der Waals surface area contributed by atoms with Crippen LogP contribution in [-0.2, 0) is 0 Å². The van der Waals surface area contributed by atoms with Crippen LogP contribution in [0.25, 0.3) is 0 Å². The largest absolute Gasteiger partial charge is 0.357 e. The van der Waals surface area contributed by atoms with Crippen molar-refractivity contribution in [3.05, 3.63) is 0 Å². The molecule has 2 nitrogen and oxygen atoms in total. The van der Waals surface area contributed by atoms with Crippen LogP contribution in [0.1, 0.15) is 0 Å². The molecule has 0 N–H and O–H groups in total. The van der Waals surface area contributed by atoms with Crippen molar-refractivity contribution in [1.29, 1.82) is 0 Å². The molecule has 0 fully saturated rings. The molecule has 0 amide bonds. The monoisotopic (exact) mass is 194 g/mol. The number of amidine groups is 1. The van der Waals surface area contributed by atoms with Gasteiger partial charge in [0.15, 0.2) is 9.87 Å². The Morgan fingerprint density at radius 3 is 2.60 bits per heavy atom. The topological polar surface area (TPSA) is 15.6 Å². The first-order chi connectivity index (χ1) is 4.74. The lowest BCUT2D eigenvalue weighted by Crippen LogP contribution is -2.16. The van der Waals surface area contributed by atoms with Crippen molar-refractivity contribution in [3.63, 3.8) is 0 Å². The summed E-state index contributed by atoms with van der Waals surface area (Å²) >= 11 is 1.78. The highest BCUT2D eigenvalue weighted by Crippen LogP contribution is 2.41. The second kappa shape index (κ2) is 3.78. The first kappa shape index (κ1) is 8.62. The third-order valence-electron chi connectivity index (χ3n) is 1.01. The van der Waals surface area contributed by atoms with E-state index < -0.39 is 0 Å². The minimum Gasteiger partial charge on any atom is -0.357 e. The first-order valence-electron chi connectivity index (χ1n) is 2.85. The number of aliphatic imine (C=N–C) groups is 1. The second-order valence-corrected chi connectivity index (χ2v) is 5.49. The smallest absolute Gasteiger partial charge is 0.171 e. The third-order valence-corrected chi connectivity index (χ3v) is 5.01. The molecule has 0 aromatic carbocycles. The van der Waals surface area contributed by atoms with Crippen LogP contribution in [0.5, 0.6) is 0 Å². The Morgan fingerprint density at radius 1 is 1.60 bits per heavy atom. The van der Waals surface area contributed by atoms with Crippen molar-refractivity contribution in [2.75, 3.05) is 20.4 Å². The minimum absolute atomic E-state index is 0.405. The van der Waals surface area contributed by atoms with E-state index in [0.29, 0.717) is 4.71 Å². The van der Waals surface area contributed by atoms with E-state index in [-0.39, 0.29) is 0 Å². The average Bonchev–Trinajstić information content (AvgIpc) is 2.34. The standard InChI is InChI=1S/C5H10N2S3/c1-7(2)4-6-5(8-3)10-9-4/h5H,1-3H3. The molecular weight excluding hydrogens is 184 g/mol. The number of rotatable bonds is 1. The Morgan fingerprint density at radius 2 is 2.30 bits per heavy atom. The lowest BCUT2D eigenvalue weighted by atomic mass is 10.9. The van der Waals surface area contributed by atoms with Gasteiger partial charge in [-0.3, -0.25) is 0 Å². The van der Waals surface area contributed by atoms with E-state index in [0.717, 1.165) is 5.17 Å². The Kier molecular flexibility index (Phi) is 3.26. The quantitative estimate of drug-likeness (QED) is 0.593. The molecule has 0 bridgehead atoms. The molecule has 0 aromatic rings. The van der Waals surface area contributed by atoms with Gasteiger partial charge in [0, 0.05) is 14.1 Å². The number of hydrogen-bond donors (Lipinski definition) is 0. The van der Waals surface area contributed by atoms with Gasteiger partial charge < -0.3 is 4.90 Å². The van der Waals surface area contributed by atoms with Gasteiger partial charge in [0.25, 0.3) is 0 Å². The molecule has 1 atom stereocenters. The summed E-state index contributed by atoms with van der Waals surface area (Å²) in [4.78, 5) is 6.49. The maximum absolute atomic E-state index is 4.44. The van der Waals surface area contributed by atoms with E-state index in [1.165, 1.54) is 0 Å². The Labute approximate surface area is 73.6 Å². The van der Waals surface area contributed by atoms with Gasteiger partial charge in [-0.25, -0.2) is 4.99 Å². The van der Waals surface area contributed by atoms with Gasteiger partial charge in [-0.15, -0.1) is 11.8 Å². The molecular formula is C5H10N2S3. The summed E-state index contributed by atoms with van der Waals surface area (Å²) in [6.45, 7) is 0. The van der Waals surface area contributed by atoms with E-state index >= 15 is 0 Å². The summed E-state index contributed by atoms with van der Waals surface area (Å²) in [6, 6.07) is 0. The Hall–Kier alpha value is 0.520. The predicted octanol–water partition coefficient (Wildman–Crippen LogP) is 1.95. The molecule has 5 heteroatoms. The maximum Gasteiger partial charge on any atom is 0.171 e. The molecule has 1 aliphatic heterocycles. The lowest BCUT2D eigenvalue weighted by molar-refractivity contribution is 0.635. The van der Waals surface area contributed by atoms with Gasteiger partial charge >= 0.3 is 0 Å². The van der Waals surface area contributed by atoms with Gasteiger partial charge in [-0.1, -0.05) is 0 Å². The summed E-state index contributed by atoms with van der Waals surface area (Å²) in [5, 5.41) is 1.13. The summed E-state index contributed by atoms with van der Waals surface area (Å²) in [6.07, 6.45) is 2.08. The summed E-state index contributed by atoms with van der Waals surface area (Å²) < 4.78 is 0.405. The van der Waals surface area contributed by atoms with Crippen LogP contribution >= 0.6 is 33.3 Å². The first-order valence-corrected chi connectivity index (χ1v) is 6.35. The van der Waals surface area contributed by atoms with E-state index in [2.05, 4.69) is 11.2 Å². The highest BCUT2D eigenvalue weighted by atomic mass is 33.1. The number of thioether (sulfide) groups is 1. The average molecular weight is 194 g/mol. The van der Waals surface area contributed by atoms with Gasteiger partial charge in [0.05, 0.1) is 0 Å². The molecule has 1 heterocycles. The zero-order valence-corrected chi connectivity index (χ0v) is 8.65. The molecule has 0 aliphatic carbocycles. The van der Waals surface area contributed by atoms with Crippen LogP contribution in [0.15, 0.2) is 4.99 Å². The van der Waals surface area contributed by atoms with E-state index in [1.807, 2.05) is 29.8 Å². The SMILES string of the molecule is CSC1N=C(N(C)C)SS1. The van der Waals surface area contributed by atoms with Gasteiger partial charge in [0.2, 0.25) is 0 Å². The Bertz CT molecular complexity index is 146. The van der Waals surface area contributed by atoms with Gasteiger partial charge in [-0.05, 0) is 27.8 Å². The molecule has 10 heavy (non-hydrogen) atoms. The fourth-order valence-electron chi connectivity index (χ4n) is 0.499. The van der Waals surface area contributed by atoms with Crippen molar-refractivity contribution >= 4 is 38.5 Å². The normalized spacial score (nSPS) is 24.7. The number of hydrogen-bond acceptors (Lipinski definition) is 5. The van der Waals surface area contributed by atoms with Crippen LogP contribution in [0, 0.1) is 0 Å². The highest BCUT2D eigenvalue weighted by Gasteiger charge is 2.18. The predicted molar refractivity (Wildman–Crippen MR) is 53.6 cm³/mol. The van der Waals surface area contributed by atoms with Crippen LogP contribution in [0.2, 0.25) is 0 Å². The zero-order chi connectivity index (χ0) is 7.56. The third kappa shape index (κ3) is 2.00. The fourth-order valence-corrected chi connectivity index (χ4v) is 4.03. The molecule has 58 valence electrons. The van der Waals surface area contributed by atoms with Crippen molar-refractivity contribution in [2.45, 2.75) is 4.71 Å². The van der Waals surface area contributed by atoms with E-state index in [9.17, 15) is 0 Å². The minimum atomic E-state index is 0.405. The molecule has 0 saturated carbocycles. The van der Waals surface area contributed by atoms with Crippen molar-refractivity contribution in [1.82, 2.24) is 4.90 Å². The van der Waals surface area contributed by atoms with Crippen LogP contribution in [0.3, 0.4) is 0 Å². The number of nitrogens with zero attached hydrogens (tertiary/aromatic N) is 2. The summed E-state index contributed by atoms with van der Waals surface area (Å²) in [5.41, 5.74) is 0. The van der Waals surface area contributed by atoms with Crippen LogP contribution in [0.4, 0.5) is 0 Å². The highest BCUT2D eigenvalue weighted by molar-refractivity contribution is 8.84. The van der Waals surface area contributed by atoms with Crippen LogP contribution < -0.4 is 0 Å². The van der Waals surface area contributed by atoms with Crippen LogP contribution in [-0.4, -0.2) is 35.1 Å². The zero-order valence-electron chi connectivity index (χ0n) is 6.20. The Balaban J connectivity index is 2.48. The lowest BCUT2D eigenvalue weighted by Gasteiger charge is -2.07. The molecule has 0 radical (unpaired) electrons. The molecule has 0 spiro atoms. The summed E-state index contributed by atoms with van der Waals surface area (Å²) in [7, 11) is 7.61. The van der Waals surface area contributed by atoms with Crippen molar-refractivity contribution in [2.24, 2.45) is 4.99 Å². The van der Waals surface area contributed by atoms with Crippen molar-refractivity contribution < 1.29 is 0 Å². The molecule has 0 saturated heterocycles. The van der Waals surface area contributed by atoms with Gasteiger partial charge in [0.1, 0.15) is 0 Å². The maximum atomic E-state index is 4.44. The molecule has 1 rings (SSSR count). The van der Waals surface area contributed by atoms with Gasteiger partial charge in [-0.2, -0.15) is 0 Å². The molecule has 1 aliphatic rings. The molecule has 0 aromatic heterocycles. The van der Waals surface area contributed by atoms with E-state index in [1.54, 1.807) is 22.6 Å². The molecule has 1 unspecified atom stereocenters. The van der Waals surface area contributed by atoms with Crippen molar-refractivity contribution in [3.8, 4) is 0 Å². The van der Waals surface area contributed by atoms with E-state index in [4.69, 9.17) is 0 Å². The summed E-state index contributed by atoms with van der Waals surface area (Å²) in [5.74, 6) is 0. The fraction of sp³-hybridized carbons (Fsp3) is 0.800. The second-order valence-electron chi connectivity index (χ2n) is 2.03.